The summed E-state index contributed by atoms with van der Waals surface area (Å²) in [7, 11) is 0. The maximum absolute atomic E-state index is 13.3. The molecular weight excluding hydrogens is 416 g/mol. The average molecular weight is 457 g/mol. The minimum Gasteiger partial charge on any atom is -0.458 e. The summed E-state index contributed by atoms with van der Waals surface area (Å²) in [5.41, 5.74) is -1.59. The molecule has 0 aromatic rings. The molecule has 5 atom stereocenters. The summed E-state index contributed by atoms with van der Waals surface area (Å²) in [5.74, 6) is -1.36. The van der Waals surface area contributed by atoms with Gasteiger partial charge >= 0.3 is 12.1 Å². The molecule has 0 unspecified atom stereocenters. The smallest absolute Gasteiger partial charge is 0.411 e. The quantitative estimate of drug-likeness (QED) is 0.396. The fourth-order valence-electron chi connectivity index (χ4n) is 3.90. The first-order valence-electron chi connectivity index (χ1n) is 11.0. The Kier molecular flexibility index (Phi) is 9.71. The van der Waals surface area contributed by atoms with Crippen LogP contribution < -0.4 is 5.32 Å². The van der Waals surface area contributed by atoms with Crippen LogP contribution in [0.1, 0.15) is 68.2 Å². The van der Waals surface area contributed by atoms with Crippen molar-refractivity contribution in [1.29, 1.82) is 0 Å². The zero-order valence-corrected chi connectivity index (χ0v) is 20.5. The molecule has 1 saturated heterocycles. The van der Waals surface area contributed by atoms with E-state index in [1.54, 1.807) is 47.6 Å². The predicted molar refractivity (Wildman–Crippen MR) is 120 cm³/mol. The third-order valence-corrected chi connectivity index (χ3v) is 4.89. The largest absolute Gasteiger partial charge is 0.458 e. The molecule has 1 heterocycles. The summed E-state index contributed by atoms with van der Waals surface area (Å²) in [6, 6.07) is -2.68. The third-order valence-electron chi connectivity index (χ3n) is 4.89. The van der Waals surface area contributed by atoms with Gasteiger partial charge in [-0.2, -0.15) is 0 Å². The minimum atomic E-state index is -1.15. The first kappa shape index (κ1) is 27.9. The van der Waals surface area contributed by atoms with Gasteiger partial charge in [0.1, 0.15) is 17.2 Å². The van der Waals surface area contributed by atoms with Gasteiger partial charge in [0.05, 0.1) is 18.2 Å². The van der Waals surface area contributed by atoms with Crippen LogP contribution in [0.2, 0.25) is 0 Å². The molecule has 184 valence electrons. The number of aliphatic hydroxyl groups is 2. The number of nitrogens with zero attached hydrogens (tertiary/aromatic N) is 1. The highest BCUT2D eigenvalue weighted by atomic mass is 16.6. The van der Waals surface area contributed by atoms with E-state index in [0.717, 1.165) is 0 Å². The maximum atomic E-state index is 13.3. The van der Waals surface area contributed by atoms with E-state index in [0.29, 0.717) is 0 Å². The Bertz CT molecular complexity index is 693. The van der Waals surface area contributed by atoms with E-state index in [4.69, 9.17) is 9.47 Å². The zero-order valence-electron chi connectivity index (χ0n) is 20.5. The zero-order chi connectivity index (χ0) is 24.9. The number of carbonyl (C=O) groups excluding carboxylic acids is 3. The standard InChI is InChI=1S/C23H40N2O7/c1-9-10-15-13-16(20(29)31-22(3,4)5)25(21(30)32-23(6,7)8)19(15)18(24-14(2)27)17(28)11-12-26/h9-10,15-19,26,28H,11-13H2,1-8H3,(H,24,27)/b10-9-/t15-,16-,17+,18+,19-/m1/s1. The van der Waals surface area contributed by atoms with Crippen LogP contribution in [0, 0.1) is 5.92 Å². The van der Waals surface area contributed by atoms with Crippen molar-refractivity contribution < 1.29 is 34.1 Å². The Morgan fingerprint density at radius 2 is 1.69 bits per heavy atom. The van der Waals surface area contributed by atoms with E-state index in [1.807, 2.05) is 13.0 Å². The Morgan fingerprint density at radius 1 is 1.12 bits per heavy atom. The molecule has 0 bridgehead atoms. The number of esters is 1. The number of rotatable bonds is 7. The molecule has 32 heavy (non-hydrogen) atoms. The number of likely N-dealkylation sites (tertiary alicyclic amines) is 1. The normalized spacial score (nSPS) is 23.7. The first-order chi connectivity index (χ1) is 14.6. The van der Waals surface area contributed by atoms with Gasteiger partial charge in [-0.3, -0.25) is 9.69 Å². The van der Waals surface area contributed by atoms with Crippen molar-refractivity contribution in [3.63, 3.8) is 0 Å². The lowest BCUT2D eigenvalue weighted by atomic mass is 9.89. The topological polar surface area (TPSA) is 125 Å². The van der Waals surface area contributed by atoms with E-state index in [2.05, 4.69) is 5.32 Å². The number of aliphatic hydroxyl groups excluding tert-OH is 2. The van der Waals surface area contributed by atoms with Crippen LogP contribution in [-0.2, 0) is 19.1 Å². The molecule has 1 rings (SSSR count). The molecule has 0 saturated carbocycles. The number of hydrogen-bond acceptors (Lipinski definition) is 7. The Morgan fingerprint density at radius 3 is 2.12 bits per heavy atom. The van der Waals surface area contributed by atoms with Gasteiger partial charge in [-0.05, 0) is 61.3 Å². The van der Waals surface area contributed by atoms with Crippen molar-refractivity contribution in [3.8, 4) is 0 Å². The van der Waals surface area contributed by atoms with Gasteiger partial charge in [0, 0.05) is 19.4 Å². The Labute approximate surface area is 191 Å². The maximum Gasteiger partial charge on any atom is 0.411 e. The molecular formula is C23H40N2O7. The summed E-state index contributed by atoms with van der Waals surface area (Å²) in [6.45, 7) is 13.2. The minimum absolute atomic E-state index is 0.0106. The molecule has 2 amide bonds. The molecule has 9 nitrogen and oxygen atoms in total. The number of nitrogens with one attached hydrogen (secondary N) is 1. The van der Waals surface area contributed by atoms with Gasteiger partial charge in [-0.25, -0.2) is 9.59 Å². The Balaban J connectivity index is 3.55. The van der Waals surface area contributed by atoms with Gasteiger partial charge in [0.15, 0.2) is 0 Å². The fraction of sp³-hybridized carbons (Fsp3) is 0.783. The highest BCUT2D eigenvalue weighted by molar-refractivity contribution is 5.83. The van der Waals surface area contributed by atoms with E-state index in [-0.39, 0.29) is 25.4 Å². The molecule has 1 aliphatic heterocycles. The summed E-state index contributed by atoms with van der Waals surface area (Å²) >= 11 is 0. The molecule has 0 spiro atoms. The lowest BCUT2D eigenvalue weighted by molar-refractivity contribution is -0.160. The second-order valence-electron chi connectivity index (χ2n) is 10.2. The van der Waals surface area contributed by atoms with E-state index in [9.17, 15) is 24.6 Å². The number of hydrogen-bond donors (Lipinski definition) is 3. The third kappa shape index (κ3) is 8.09. The molecule has 1 fully saturated rings. The van der Waals surface area contributed by atoms with Crippen molar-refractivity contribution in [3.05, 3.63) is 12.2 Å². The van der Waals surface area contributed by atoms with Crippen molar-refractivity contribution in [2.24, 2.45) is 5.92 Å². The molecule has 0 radical (unpaired) electrons. The highest BCUT2D eigenvalue weighted by Crippen LogP contribution is 2.37. The number of ether oxygens (including phenoxy) is 2. The second kappa shape index (κ2) is 11.1. The predicted octanol–water partition coefficient (Wildman–Crippen LogP) is 2.15. The summed E-state index contributed by atoms with van der Waals surface area (Å²) in [6.07, 6.45) is 1.98. The van der Waals surface area contributed by atoms with Crippen LogP contribution in [0.4, 0.5) is 4.79 Å². The van der Waals surface area contributed by atoms with Gasteiger partial charge in [0.2, 0.25) is 5.91 Å². The highest BCUT2D eigenvalue weighted by Gasteiger charge is 2.53. The molecule has 1 aliphatic rings. The summed E-state index contributed by atoms with van der Waals surface area (Å²) in [4.78, 5) is 39.6. The number of allylic oxidation sites excluding steroid dienone is 1. The summed E-state index contributed by atoms with van der Waals surface area (Å²) in [5, 5.41) is 22.8. The molecule has 0 aromatic carbocycles. The van der Waals surface area contributed by atoms with Gasteiger partial charge in [0.25, 0.3) is 0 Å². The lowest BCUT2D eigenvalue weighted by Crippen LogP contribution is -2.60. The van der Waals surface area contributed by atoms with Gasteiger partial charge in [-0.15, -0.1) is 0 Å². The van der Waals surface area contributed by atoms with Crippen LogP contribution in [0.15, 0.2) is 12.2 Å². The molecule has 9 heteroatoms. The van der Waals surface area contributed by atoms with Gasteiger partial charge in [-0.1, -0.05) is 12.2 Å². The van der Waals surface area contributed by atoms with E-state index < -0.39 is 53.4 Å². The fourth-order valence-corrected chi connectivity index (χ4v) is 3.90. The molecule has 0 aromatic heterocycles. The van der Waals surface area contributed by atoms with Crippen LogP contribution in [0.25, 0.3) is 0 Å². The van der Waals surface area contributed by atoms with Crippen LogP contribution in [-0.4, -0.2) is 75.1 Å². The SMILES string of the molecule is C/C=C\[C@@H]1C[C@H](C(=O)OC(C)(C)C)N(C(=O)OC(C)(C)C)[C@H]1[C@@H](NC(C)=O)[C@@H](O)CCO. The lowest BCUT2D eigenvalue weighted by Gasteiger charge is -2.39. The van der Waals surface area contributed by atoms with Crippen LogP contribution in [0.5, 0.6) is 0 Å². The second-order valence-corrected chi connectivity index (χ2v) is 10.2. The van der Waals surface area contributed by atoms with Crippen LogP contribution in [0.3, 0.4) is 0 Å². The Hall–Kier alpha value is -2.13. The first-order valence-corrected chi connectivity index (χ1v) is 11.0. The number of amides is 2. The van der Waals surface area contributed by atoms with E-state index >= 15 is 0 Å². The van der Waals surface area contributed by atoms with Crippen molar-refractivity contribution in [1.82, 2.24) is 10.2 Å². The van der Waals surface area contributed by atoms with Crippen molar-refractivity contribution in [2.75, 3.05) is 6.61 Å². The van der Waals surface area contributed by atoms with Crippen molar-refractivity contribution >= 4 is 18.0 Å². The van der Waals surface area contributed by atoms with Gasteiger partial charge < -0.3 is 25.0 Å². The van der Waals surface area contributed by atoms with Crippen molar-refractivity contribution in [2.45, 2.75) is 104 Å². The molecule has 0 aliphatic carbocycles. The summed E-state index contributed by atoms with van der Waals surface area (Å²) < 4.78 is 11.2. The van der Waals surface area contributed by atoms with Crippen LogP contribution >= 0.6 is 0 Å². The average Bonchev–Trinajstić information content (AvgIpc) is 2.96. The monoisotopic (exact) mass is 456 g/mol. The molecule has 3 N–H and O–H groups in total. The number of carbonyl (C=O) groups is 3. The van der Waals surface area contributed by atoms with E-state index in [1.165, 1.54) is 11.8 Å².